The first kappa shape index (κ1) is 41.0. The Balaban J connectivity index is 0.000000171. The van der Waals surface area contributed by atoms with E-state index in [2.05, 4.69) is 89.5 Å². The molecule has 4 N–H and O–H groups in total. The Morgan fingerprint density at radius 2 is 1.45 bits per heavy atom. The van der Waals surface area contributed by atoms with Crippen LogP contribution in [-0.2, 0) is 12.8 Å². The summed E-state index contributed by atoms with van der Waals surface area (Å²) >= 11 is 0. The van der Waals surface area contributed by atoms with E-state index >= 15 is 0 Å². The van der Waals surface area contributed by atoms with Crippen molar-refractivity contribution in [3.63, 3.8) is 0 Å². The molecule has 0 spiro atoms. The third kappa shape index (κ3) is 8.87. The van der Waals surface area contributed by atoms with E-state index in [1.807, 2.05) is 56.0 Å². The number of hydrogen-bond donors (Lipinski definition) is 4. The van der Waals surface area contributed by atoms with E-state index in [0.717, 1.165) is 69.6 Å². The molecule has 0 saturated heterocycles. The molecule has 9 rings (SSSR count). The van der Waals surface area contributed by atoms with E-state index in [1.165, 1.54) is 11.8 Å². The number of anilines is 2. The first-order chi connectivity index (χ1) is 30.2. The molecule has 1 atom stereocenters. The van der Waals surface area contributed by atoms with Crippen LogP contribution in [0.3, 0.4) is 0 Å². The second-order valence-electron chi connectivity index (χ2n) is 15.3. The number of pyridine rings is 3. The van der Waals surface area contributed by atoms with E-state index in [-0.39, 0.29) is 12.1 Å². The van der Waals surface area contributed by atoms with Gasteiger partial charge in [0.05, 0.1) is 18.2 Å². The maximum absolute atomic E-state index is 9.74. The highest BCUT2D eigenvalue weighted by atomic mass is 16.3. The van der Waals surface area contributed by atoms with Crippen molar-refractivity contribution in [2.75, 3.05) is 23.7 Å². The molecular formula is C46H47N15O. The smallest absolute Gasteiger partial charge is 0.166 e. The number of fused-ring (bicyclic) bond motifs is 3. The number of nitriles is 1. The molecule has 0 aliphatic rings. The number of aromatic hydroxyl groups is 1. The highest BCUT2D eigenvalue weighted by molar-refractivity contribution is 5.86. The van der Waals surface area contributed by atoms with Crippen molar-refractivity contribution in [2.45, 2.75) is 66.0 Å². The number of rotatable bonds is 13. The zero-order valence-corrected chi connectivity index (χ0v) is 35.2. The number of hydrogen-bond acceptors (Lipinski definition) is 13. The summed E-state index contributed by atoms with van der Waals surface area (Å²) < 4.78 is 4.11. The molecule has 312 valence electrons. The summed E-state index contributed by atoms with van der Waals surface area (Å²) in [6.07, 6.45) is 16.7. The van der Waals surface area contributed by atoms with Gasteiger partial charge < -0.3 is 29.9 Å². The van der Waals surface area contributed by atoms with Crippen LogP contribution in [0.2, 0.25) is 0 Å². The third-order valence-corrected chi connectivity index (χ3v) is 10.6. The average molecular weight is 826 g/mol. The average Bonchev–Trinajstić information content (AvgIpc) is 4.07. The molecule has 8 aromatic heterocycles. The van der Waals surface area contributed by atoms with Gasteiger partial charge in [0.2, 0.25) is 0 Å². The first-order valence-electron chi connectivity index (χ1n) is 20.6. The Bertz CT molecular complexity index is 3020. The molecule has 0 amide bonds. The molecule has 16 nitrogen and oxygen atoms in total. The van der Waals surface area contributed by atoms with Crippen molar-refractivity contribution in [1.29, 1.82) is 5.26 Å². The standard InChI is InChI=1S/C24H25N7O.C22H22N8/c1-4-16(3)31-14-28-21-23(27-8-7-17-5-6-20(32)15(2)9-17)29-22(30-24(21)31)19-10-18(11-25)12-26-13-19;1-14(2)30-13-27-18-21(28-20(29-22(18)30)17-4-3-7-23-12-17)25-8-5-15-10-16-6-9-24-19(16)26-11-15/h5-6,9-10,12-14,16,32H,4,7-8H2,1-3H3,(H,27,29,30);3-4,6-7,9-14H,5,8H2,1-2H3,(H,24,26)(H,25,28,29). The number of phenolic OH excluding ortho intramolecular Hbond substituents is 1. The summed E-state index contributed by atoms with van der Waals surface area (Å²) in [5, 5.41) is 27.0. The monoisotopic (exact) mass is 825 g/mol. The summed E-state index contributed by atoms with van der Waals surface area (Å²) in [4.78, 5) is 44.1. The molecular weight excluding hydrogens is 779 g/mol. The number of aromatic nitrogens is 12. The Morgan fingerprint density at radius 3 is 2.13 bits per heavy atom. The van der Waals surface area contributed by atoms with Crippen LogP contribution in [0.15, 0.2) is 98.4 Å². The Hall–Kier alpha value is -7.80. The molecule has 0 aliphatic carbocycles. The van der Waals surface area contributed by atoms with Gasteiger partial charge in [-0.15, -0.1) is 0 Å². The minimum absolute atomic E-state index is 0.235. The maximum Gasteiger partial charge on any atom is 0.166 e. The molecule has 16 heteroatoms. The van der Waals surface area contributed by atoms with E-state index < -0.39 is 0 Å². The summed E-state index contributed by atoms with van der Waals surface area (Å²) in [6.45, 7) is 11.7. The quantitative estimate of drug-likeness (QED) is 0.0862. The molecule has 0 bridgehead atoms. The number of aryl methyl sites for hydroxylation is 1. The Kier molecular flexibility index (Phi) is 12.0. The summed E-state index contributed by atoms with van der Waals surface area (Å²) in [5.74, 6) is 2.80. The number of phenols is 1. The second kappa shape index (κ2) is 18.2. The largest absolute Gasteiger partial charge is 0.508 e. The molecule has 9 aromatic rings. The van der Waals surface area contributed by atoms with Gasteiger partial charge in [-0.25, -0.2) is 34.9 Å². The number of benzene rings is 1. The molecule has 1 unspecified atom stereocenters. The maximum atomic E-state index is 9.74. The van der Waals surface area contributed by atoms with Crippen LogP contribution in [0.1, 0.15) is 68.5 Å². The fraction of sp³-hybridized carbons (Fsp3) is 0.261. The lowest BCUT2D eigenvalue weighted by atomic mass is 10.1. The number of aromatic amines is 1. The van der Waals surface area contributed by atoms with Crippen molar-refractivity contribution in [2.24, 2.45) is 0 Å². The van der Waals surface area contributed by atoms with Crippen molar-refractivity contribution < 1.29 is 5.11 Å². The lowest BCUT2D eigenvalue weighted by molar-refractivity contribution is 0.471. The van der Waals surface area contributed by atoms with Crippen LogP contribution >= 0.6 is 0 Å². The summed E-state index contributed by atoms with van der Waals surface area (Å²) in [6, 6.07) is 18.0. The van der Waals surface area contributed by atoms with Gasteiger partial charge in [-0.1, -0.05) is 19.1 Å². The Morgan fingerprint density at radius 1 is 0.758 bits per heavy atom. The van der Waals surface area contributed by atoms with Crippen molar-refractivity contribution in [3.05, 3.63) is 121 Å². The van der Waals surface area contributed by atoms with E-state index in [1.54, 1.807) is 37.1 Å². The van der Waals surface area contributed by atoms with Crippen LogP contribution < -0.4 is 10.6 Å². The topological polar surface area (TPSA) is 210 Å². The molecule has 1 aromatic carbocycles. The van der Waals surface area contributed by atoms with Gasteiger partial charge >= 0.3 is 0 Å². The molecule has 0 aliphatic heterocycles. The minimum atomic E-state index is 0.235. The van der Waals surface area contributed by atoms with Gasteiger partial charge in [0.25, 0.3) is 0 Å². The minimum Gasteiger partial charge on any atom is -0.508 e. The SMILES string of the molecule is CC(C)n1cnc2c(NCCc3cnc4[nH]ccc4c3)nc(-c3cccnc3)nc21.CCC(C)n1cnc2c(NCCc3ccc(O)c(C)c3)nc(-c3cncc(C#N)c3)nc21. The molecule has 8 heterocycles. The number of nitrogens with one attached hydrogen (secondary N) is 3. The summed E-state index contributed by atoms with van der Waals surface area (Å²) in [5.41, 5.74) is 9.10. The van der Waals surface area contributed by atoms with Gasteiger partial charge in [0.1, 0.15) is 28.5 Å². The third-order valence-electron chi connectivity index (χ3n) is 10.6. The predicted octanol–water partition coefficient (Wildman–Crippen LogP) is 8.40. The van der Waals surface area contributed by atoms with Gasteiger partial charge in [0, 0.05) is 78.9 Å². The highest BCUT2D eigenvalue weighted by Gasteiger charge is 2.18. The predicted molar refractivity (Wildman–Crippen MR) is 241 cm³/mol. The van der Waals surface area contributed by atoms with Crippen LogP contribution in [-0.4, -0.2) is 77.2 Å². The van der Waals surface area contributed by atoms with Crippen molar-refractivity contribution in [3.8, 4) is 34.6 Å². The van der Waals surface area contributed by atoms with Gasteiger partial charge in [-0.2, -0.15) is 5.26 Å². The fourth-order valence-electron chi connectivity index (χ4n) is 7.00. The van der Waals surface area contributed by atoms with E-state index in [9.17, 15) is 10.4 Å². The first-order valence-corrected chi connectivity index (χ1v) is 20.6. The van der Waals surface area contributed by atoms with E-state index in [4.69, 9.17) is 19.9 Å². The molecule has 62 heavy (non-hydrogen) atoms. The highest BCUT2D eigenvalue weighted by Crippen LogP contribution is 2.28. The van der Waals surface area contributed by atoms with Gasteiger partial charge in [-0.3, -0.25) is 9.97 Å². The number of nitrogens with zero attached hydrogens (tertiary/aromatic N) is 12. The van der Waals surface area contributed by atoms with Crippen LogP contribution in [0.5, 0.6) is 5.75 Å². The van der Waals surface area contributed by atoms with Gasteiger partial charge in [-0.05, 0) is 100 Å². The lowest BCUT2D eigenvalue weighted by Gasteiger charge is -2.13. The molecule has 0 radical (unpaired) electrons. The fourth-order valence-corrected chi connectivity index (χ4v) is 7.00. The summed E-state index contributed by atoms with van der Waals surface area (Å²) in [7, 11) is 0. The zero-order chi connectivity index (χ0) is 43.2. The zero-order valence-electron chi connectivity index (χ0n) is 35.2. The lowest BCUT2D eigenvalue weighted by Crippen LogP contribution is -2.09. The van der Waals surface area contributed by atoms with Gasteiger partial charge in [0.15, 0.2) is 34.6 Å². The van der Waals surface area contributed by atoms with Crippen LogP contribution in [0.4, 0.5) is 11.6 Å². The number of imidazole rings is 2. The second-order valence-corrected chi connectivity index (χ2v) is 15.3. The van der Waals surface area contributed by atoms with Crippen molar-refractivity contribution >= 4 is 45.0 Å². The van der Waals surface area contributed by atoms with Crippen LogP contribution in [0.25, 0.3) is 56.1 Å². The molecule has 0 fully saturated rings. The Labute approximate surface area is 358 Å². The van der Waals surface area contributed by atoms with E-state index in [0.29, 0.717) is 52.9 Å². The molecule has 0 saturated carbocycles. The normalized spacial score (nSPS) is 11.8. The van der Waals surface area contributed by atoms with Crippen LogP contribution in [0, 0.1) is 18.3 Å². The van der Waals surface area contributed by atoms with Crippen molar-refractivity contribution in [1.82, 2.24) is 59.0 Å². The number of H-pyrrole nitrogens is 1.